The summed E-state index contributed by atoms with van der Waals surface area (Å²) in [5.74, 6) is -0.610. The van der Waals surface area contributed by atoms with E-state index >= 15 is 0 Å². The van der Waals surface area contributed by atoms with Gasteiger partial charge in [-0.05, 0) is 75.6 Å². The first-order chi connectivity index (χ1) is 22.6. The summed E-state index contributed by atoms with van der Waals surface area (Å²) < 4.78 is 70.7. The fraction of sp³-hybridized carbons (Fsp3) is 0.500. The number of likely N-dealkylation sites (N-methyl/N-ethyl adjacent to an activating group) is 1. The molecule has 0 saturated heterocycles. The van der Waals surface area contributed by atoms with Gasteiger partial charge in [-0.1, -0.05) is 18.5 Å². The van der Waals surface area contributed by atoms with E-state index in [1.807, 2.05) is 13.8 Å². The van der Waals surface area contributed by atoms with Gasteiger partial charge in [0.2, 0.25) is 0 Å². The van der Waals surface area contributed by atoms with Crippen LogP contribution in [-0.2, 0) is 31.8 Å². The molecule has 4 rings (SSSR count). The van der Waals surface area contributed by atoms with E-state index in [9.17, 15) is 26.7 Å². The van der Waals surface area contributed by atoms with Crippen molar-refractivity contribution in [2.24, 2.45) is 13.0 Å². The number of aryl methyl sites for hydroxylation is 1. The molecule has 2 aromatic carbocycles. The average molecular weight is 726 g/mol. The molecule has 0 fully saturated rings. The van der Waals surface area contributed by atoms with Gasteiger partial charge in [-0.3, -0.25) is 9.52 Å². The molecular weight excluding hydrogens is 682 g/mol. The molecule has 1 aliphatic rings. The number of halogens is 1. The monoisotopic (exact) mass is 725 g/mol. The Balaban J connectivity index is 1.68. The Morgan fingerprint density at radius 1 is 1.12 bits per heavy atom. The Bertz CT molecular complexity index is 1770. The topological polar surface area (TPSA) is 160 Å². The molecule has 4 atom stereocenters. The van der Waals surface area contributed by atoms with Crippen LogP contribution in [-0.4, -0.2) is 98.2 Å². The predicted octanol–water partition coefficient (Wildman–Crippen LogP) is 3.99. The number of benzene rings is 2. The van der Waals surface area contributed by atoms with Crippen molar-refractivity contribution in [1.82, 2.24) is 18.8 Å². The van der Waals surface area contributed by atoms with Crippen LogP contribution in [0.5, 0.6) is 5.75 Å². The minimum absolute atomic E-state index is 0.00232. The summed E-state index contributed by atoms with van der Waals surface area (Å²) in [6, 6.07) is 9.55. The molecule has 16 heteroatoms. The van der Waals surface area contributed by atoms with Crippen LogP contribution in [0.3, 0.4) is 0 Å². The van der Waals surface area contributed by atoms with E-state index in [4.69, 9.17) is 21.1 Å². The average Bonchev–Trinajstić information content (AvgIpc) is 3.49. The number of aliphatic hydroxyl groups excluding tert-OH is 1. The highest BCUT2D eigenvalue weighted by molar-refractivity contribution is 7.92. The van der Waals surface area contributed by atoms with Gasteiger partial charge in [0.05, 0.1) is 41.6 Å². The number of fused-ring (bicyclic) bond motifs is 1. The van der Waals surface area contributed by atoms with Gasteiger partial charge in [-0.2, -0.15) is 4.31 Å². The zero-order valence-electron chi connectivity index (χ0n) is 27.7. The van der Waals surface area contributed by atoms with Gasteiger partial charge >= 0.3 is 0 Å². The zero-order chi connectivity index (χ0) is 35.2. The van der Waals surface area contributed by atoms with Crippen LogP contribution in [0.1, 0.15) is 50.4 Å². The summed E-state index contributed by atoms with van der Waals surface area (Å²) in [4.78, 5) is 19.8. The molecule has 0 aliphatic carbocycles. The third-order valence-corrected chi connectivity index (χ3v) is 11.6. The summed E-state index contributed by atoms with van der Waals surface area (Å²) in [5, 5.41) is 10.5. The van der Waals surface area contributed by atoms with E-state index < -0.39 is 38.1 Å². The lowest BCUT2D eigenvalue weighted by Gasteiger charge is -2.35. The van der Waals surface area contributed by atoms with Crippen LogP contribution in [0, 0.1) is 5.92 Å². The molecule has 3 aromatic rings. The van der Waals surface area contributed by atoms with Gasteiger partial charge in [0.25, 0.3) is 26.0 Å². The van der Waals surface area contributed by atoms with Gasteiger partial charge in [0, 0.05) is 56.6 Å². The molecule has 0 bridgehead atoms. The van der Waals surface area contributed by atoms with Crippen molar-refractivity contribution in [2.75, 3.05) is 38.1 Å². The molecule has 1 aliphatic heterocycles. The van der Waals surface area contributed by atoms with Crippen LogP contribution in [0.2, 0.25) is 5.02 Å². The van der Waals surface area contributed by atoms with Crippen LogP contribution in [0.4, 0.5) is 5.69 Å². The summed E-state index contributed by atoms with van der Waals surface area (Å²) in [6.07, 6.45) is 4.04. The Morgan fingerprint density at radius 3 is 2.48 bits per heavy atom. The normalized spacial score (nSPS) is 20.9. The second-order valence-electron chi connectivity index (χ2n) is 12.2. The van der Waals surface area contributed by atoms with Gasteiger partial charge in [-0.15, -0.1) is 0 Å². The fourth-order valence-electron chi connectivity index (χ4n) is 5.31. The lowest BCUT2D eigenvalue weighted by molar-refractivity contribution is -0.00835. The number of sulfonamides is 2. The van der Waals surface area contributed by atoms with E-state index in [0.717, 1.165) is 6.42 Å². The number of aromatic nitrogens is 2. The summed E-state index contributed by atoms with van der Waals surface area (Å²) in [6.45, 7) is 5.55. The van der Waals surface area contributed by atoms with Gasteiger partial charge < -0.3 is 24.0 Å². The molecule has 48 heavy (non-hydrogen) atoms. The first kappa shape index (κ1) is 37.6. The van der Waals surface area contributed by atoms with Crippen LogP contribution < -0.4 is 9.46 Å². The van der Waals surface area contributed by atoms with Gasteiger partial charge in [-0.25, -0.2) is 21.8 Å². The molecule has 264 valence electrons. The third kappa shape index (κ3) is 9.27. The van der Waals surface area contributed by atoms with Crippen molar-refractivity contribution >= 4 is 43.2 Å². The maximum atomic E-state index is 14.3. The van der Waals surface area contributed by atoms with Crippen LogP contribution in [0.25, 0.3) is 0 Å². The van der Waals surface area contributed by atoms with Crippen molar-refractivity contribution in [3.05, 3.63) is 65.6 Å². The van der Waals surface area contributed by atoms with Crippen LogP contribution >= 0.6 is 11.6 Å². The number of aliphatic hydroxyl groups is 1. The molecular formula is C32H44ClN5O8S2. The van der Waals surface area contributed by atoms with Crippen molar-refractivity contribution in [3.8, 4) is 5.75 Å². The maximum Gasteiger partial charge on any atom is 0.261 e. The van der Waals surface area contributed by atoms with Crippen LogP contribution in [0.15, 0.2) is 64.9 Å². The SMILES string of the molecule is C[C@@H]1CN([C@H](C)CO)C(=O)c2cc(NS(=O)(=O)c3ccc(Cl)cc3)ccc2O[C@@H](C)CCCCO[C@@H]1CN(C)S(=O)(=O)c1cn(C)cn1. The molecule has 13 nitrogen and oxygen atoms in total. The van der Waals surface area contributed by atoms with Crippen molar-refractivity contribution in [1.29, 1.82) is 0 Å². The van der Waals surface area contributed by atoms with Gasteiger partial charge in [0.1, 0.15) is 5.75 Å². The highest BCUT2D eigenvalue weighted by Crippen LogP contribution is 2.30. The number of amides is 1. The van der Waals surface area contributed by atoms with Crippen molar-refractivity contribution in [2.45, 2.75) is 68.2 Å². The number of hydrogen-bond acceptors (Lipinski definition) is 9. The van der Waals surface area contributed by atoms with E-state index in [2.05, 4.69) is 9.71 Å². The Kier molecular flexibility index (Phi) is 12.5. The molecule has 0 unspecified atom stereocenters. The second-order valence-corrected chi connectivity index (χ2v) is 16.3. The molecule has 1 amide bonds. The number of carbonyl (C=O) groups excluding carboxylic acids is 1. The molecule has 0 radical (unpaired) electrons. The first-order valence-corrected chi connectivity index (χ1v) is 19.0. The third-order valence-electron chi connectivity index (χ3n) is 8.22. The van der Waals surface area contributed by atoms with E-state index in [1.165, 1.54) is 65.2 Å². The highest BCUT2D eigenvalue weighted by atomic mass is 35.5. The number of nitrogens with zero attached hydrogens (tertiary/aromatic N) is 4. The van der Waals surface area contributed by atoms with E-state index in [-0.39, 0.29) is 58.6 Å². The number of imidazole rings is 1. The number of ether oxygens (including phenoxy) is 2. The maximum absolute atomic E-state index is 14.3. The minimum Gasteiger partial charge on any atom is -0.490 e. The summed E-state index contributed by atoms with van der Waals surface area (Å²) in [5.41, 5.74) is 0.247. The molecule has 0 saturated carbocycles. The largest absolute Gasteiger partial charge is 0.490 e. The zero-order valence-corrected chi connectivity index (χ0v) is 30.1. The molecule has 0 spiro atoms. The number of rotatable bonds is 9. The van der Waals surface area contributed by atoms with Crippen molar-refractivity contribution < 1.29 is 36.2 Å². The highest BCUT2D eigenvalue weighted by Gasteiger charge is 2.33. The number of anilines is 1. The van der Waals surface area contributed by atoms with Crippen molar-refractivity contribution in [3.63, 3.8) is 0 Å². The summed E-state index contributed by atoms with van der Waals surface area (Å²) in [7, 11) is -4.78. The first-order valence-electron chi connectivity index (χ1n) is 15.7. The number of hydrogen-bond donors (Lipinski definition) is 2. The quantitative estimate of drug-likeness (QED) is 0.333. The molecule has 2 N–H and O–H groups in total. The lowest BCUT2D eigenvalue weighted by atomic mass is 10.0. The Labute approximate surface area is 287 Å². The fourth-order valence-corrected chi connectivity index (χ4v) is 7.63. The second kappa shape index (κ2) is 16.0. The standard InChI is InChI=1S/C32H44ClN5O8S2/c1-22-17-38(23(2)20-39)32(40)28-16-26(35-47(41,42)27-12-9-25(33)10-13-27)11-14-29(28)46-24(3)8-6-7-15-45-30(22)18-37(5)48(43,44)31-19-36(4)21-34-31/h9-14,16,19,21-24,30,35,39H,6-8,15,17-18,20H2,1-5H3/t22-,23-,24+,30-/m1/s1. The number of nitrogens with one attached hydrogen (secondary N) is 1. The lowest BCUT2D eigenvalue weighted by Crippen LogP contribution is -2.48. The molecule has 1 aromatic heterocycles. The smallest absolute Gasteiger partial charge is 0.261 e. The Hall–Kier alpha value is -3.21. The summed E-state index contributed by atoms with van der Waals surface area (Å²) >= 11 is 5.94. The number of carbonyl (C=O) groups is 1. The van der Waals surface area contributed by atoms with E-state index in [0.29, 0.717) is 24.5 Å². The Morgan fingerprint density at radius 2 is 1.83 bits per heavy atom. The molecule has 2 heterocycles. The minimum atomic E-state index is -4.02. The van der Waals surface area contributed by atoms with Gasteiger partial charge in [0.15, 0.2) is 5.03 Å². The van der Waals surface area contributed by atoms with E-state index in [1.54, 1.807) is 24.6 Å². The predicted molar refractivity (Wildman–Crippen MR) is 182 cm³/mol.